The Kier molecular flexibility index (Phi) is 6.74. The van der Waals surface area contributed by atoms with Crippen LogP contribution in [-0.4, -0.2) is 32.1 Å². The third-order valence-electron chi connectivity index (χ3n) is 4.55. The molecule has 0 saturated heterocycles. The standard InChI is InChI=1S/C24H25NO4/c1-25(24(26)20-10-7-11-21(15-20)27-2)16-19-12-13-22(23(14-19)28-3)29-17-18-8-5-4-6-9-18/h4-15H,16-17H2,1-3H3. The first-order chi connectivity index (χ1) is 14.1. The average Bonchev–Trinajstić information content (AvgIpc) is 2.78. The van der Waals surface area contributed by atoms with Crippen molar-refractivity contribution in [1.29, 1.82) is 0 Å². The molecule has 0 unspecified atom stereocenters. The van der Waals surface area contributed by atoms with Crippen LogP contribution in [0.1, 0.15) is 21.5 Å². The molecule has 3 aromatic rings. The van der Waals surface area contributed by atoms with Crippen LogP contribution in [0.2, 0.25) is 0 Å². The molecule has 5 heteroatoms. The molecular formula is C24H25NO4. The van der Waals surface area contributed by atoms with Crippen molar-refractivity contribution in [1.82, 2.24) is 4.90 Å². The number of hydrogen-bond donors (Lipinski definition) is 0. The zero-order valence-electron chi connectivity index (χ0n) is 16.9. The largest absolute Gasteiger partial charge is 0.497 e. The van der Waals surface area contributed by atoms with Gasteiger partial charge in [-0.2, -0.15) is 0 Å². The first kappa shape index (κ1) is 20.3. The quantitative estimate of drug-likeness (QED) is 0.565. The molecule has 0 N–H and O–H groups in total. The van der Waals surface area contributed by atoms with Gasteiger partial charge in [-0.15, -0.1) is 0 Å². The lowest BCUT2D eigenvalue weighted by Crippen LogP contribution is -2.26. The Morgan fingerprint density at radius 1 is 0.828 bits per heavy atom. The van der Waals surface area contributed by atoms with Crippen molar-refractivity contribution < 1.29 is 19.0 Å². The number of nitrogens with zero attached hydrogens (tertiary/aromatic N) is 1. The lowest BCUT2D eigenvalue weighted by Gasteiger charge is -2.19. The highest BCUT2D eigenvalue weighted by atomic mass is 16.5. The van der Waals surface area contributed by atoms with Crippen molar-refractivity contribution in [3.8, 4) is 17.2 Å². The van der Waals surface area contributed by atoms with E-state index in [2.05, 4.69) is 0 Å². The van der Waals surface area contributed by atoms with Crippen molar-refractivity contribution in [3.63, 3.8) is 0 Å². The van der Waals surface area contributed by atoms with E-state index < -0.39 is 0 Å². The summed E-state index contributed by atoms with van der Waals surface area (Å²) in [5.41, 5.74) is 2.62. The highest BCUT2D eigenvalue weighted by molar-refractivity contribution is 5.94. The minimum Gasteiger partial charge on any atom is -0.497 e. The predicted molar refractivity (Wildman–Crippen MR) is 113 cm³/mol. The fourth-order valence-corrected chi connectivity index (χ4v) is 2.99. The number of rotatable bonds is 8. The SMILES string of the molecule is COc1cccc(C(=O)N(C)Cc2ccc(OCc3ccccc3)c(OC)c2)c1. The molecule has 3 rings (SSSR count). The molecule has 150 valence electrons. The van der Waals surface area contributed by atoms with Gasteiger partial charge in [0.25, 0.3) is 5.91 Å². The summed E-state index contributed by atoms with van der Waals surface area (Å²) < 4.78 is 16.6. The molecule has 3 aromatic carbocycles. The van der Waals surface area contributed by atoms with Crippen LogP contribution in [0.4, 0.5) is 0 Å². The Labute approximate surface area is 171 Å². The molecule has 0 saturated carbocycles. The van der Waals surface area contributed by atoms with E-state index in [0.29, 0.717) is 36.0 Å². The minimum absolute atomic E-state index is 0.0766. The van der Waals surface area contributed by atoms with Crippen LogP contribution < -0.4 is 14.2 Å². The minimum atomic E-state index is -0.0766. The van der Waals surface area contributed by atoms with Gasteiger partial charge in [-0.3, -0.25) is 4.79 Å². The van der Waals surface area contributed by atoms with Crippen molar-refractivity contribution in [3.05, 3.63) is 89.5 Å². The fraction of sp³-hybridized carbons (Fsp3) is 0.208. The molecule has 1 amide bonds. The van der Waals surface area contributed by atoms with Crippen LogP contribution in [0.25, 0.3) is 0 Å². The van der Waals surface area contributed by atoms with E-state index in [1.54, 1.807) is 38.3 Å². The van der Waals surface area contributed by atoms with E-state index in [1.165, 1.54) is 0 Å². The molecule has 29 heavy (non-hydrogen) atoms. The van der Waals surface area contributed by atoms with Crippen molar-refractivity contribution in [2.75, 3.05) is 21.3 Å². The predicted octanol–water partition coefficient (Wildman–Crippen LogP) is 4.56. The number of hydrogen-bond acceptors (Lipinski definition) is 4. The maximum atomic E-state index is 12.7. The number of carbonyl (C=O) groups excluding carboxylic acids is 1. The van der Waals surface area contributed by atoms with Crippen LogP contribution in [0, 0.1) is 0 Å². The topological polar surface area (TPSA) is 48.0 Å². The zero-order chi connectivity index (χ0) is 20.6. The zero-order valence-corrected chi connectivity index (χ0v) is 16.9. The number of methoxy groups -OCH3 is 2. The Morgan fingerprint density at radius 2 is 1.62 bits per heavy atom. The molecular weight excluding hydrogens is 366 g/mol. The van der Waals surface area contributed by atoms with Crippen LogP contribution >= 0.6 is 0 Å². The van der Waals surface area contributed by atoms with E-state index in [9.17, 15) is 4.79 Å². The normalized spacial score (nSPS) is 10.3. The van der Waals surface area contributed by atoms with Crippen LogP contribution in [0.5, 0.6) is 17.2 Å². The second-order valence-electron chi connectivity index (χ2n) is 6.65. The summed E-state index contributed by atoms with van der Waals surface area (Å²) in [6.07, 6.45) is 0. The summed E-state index contributed by atoms with van der Waals surface area (Å²) in [6, 6.07) is 22.8. The van der Waals surface area contributed by atoms with Gasteiger partial charge in [-0.05, 0) is 41.5 Å². The van der Waals surface area contributed by atoms with E-state index in [4.69, 9.17) is 14.2 Å². The van der Waals surface area contributed by atoms with Crippen molar-refractivity contribution in [2.45, 2.75) is 13.2 Å². The lowest BCUT2D eigenvalue weighted by atomic mass is 10.1. The van der Waals surface area contributed by atoms with Crippen LogP contribution in [0.3, 0.4) is 0 Å². The third kappa shape index (κ3) is 5.29. The molecule has 0 fully saturated rings. The number of benzene rings is 3. The lowest BCUT2D eigenvalue weighted by molar-refractivity contribution is 0.0784. The molecule has 0 aliphatic heterocycles. The Balaban J connectivity index is 1.68. The third-order valence-corrected chi connectivity index (χ3v) is 4.55. The van der Waals surface area contributed by atoms with Gasteiger partial charge >= 0.3 is 0 Å². The summed E-state index contributed by atoms with van der Waals surface area (Å²) in [6.45, 7) is 0.913. The van der Waals surface area contributed by atoms with Crippen molar-refractivity contribution in [2.24, 2.45) is 0 Å². The first-order valence-corrected chi connectivity index (χ1v) is 9.34. The van der Waals surface area contributed by atoms with E-state index in [-0.39, 0.29) is 5.91 Å². The van der Waals surface area contributed by atoms with Gasteiger partial charge in [-0.1, -0.05) is 42.5 Å². The van der Waals surface area contributed by atoms with Gasteiger partial charge in [-0.25, -0.2) is 0 Å². The van der Waals surface area contributed by atoms with E-state index in [1.807, 2.05) is 60.7 Å². The summed E-state index contributed by atoms with van der Waals surface area (Å²) in [5, 5.41) is 0. The fourth-order valence-electron chi connectivity index (χ4n) is 2.99. The smallest absolute Gasteiger partial charge is 0.254 e. The summed E-state index contributed by atoms with van der Waals surface area (Å²) in [7, 11) is 4.97. The second kappa shape index (κ2) is 9.64. The number of amides is 1. The monoisotopic (exact) mass is 391 g/mol. The Bertz CT molecular complexity index is 956. The maximum Gasteiger partial charge on any atom is 0.254 e. The second-order valence-corrected chi connectivity index (χ2v) is 6.65. The molecule has 0 aliphatic carbocycles. The van der Waals surface area contributed by atoms with Gasteiger partial charge in [0.15, 0.2) is 11.5 Å². The summed E-state index contributed by atoms with van der Waals surface area (Å²) in [5.74, 6) is 1.89. The van der Waals surface area contributed by atoms with Gasteiger partial charge in [0, 0.05) is 19.2 Å². The molecule has 0 atom stereocenters. The summed E-state index contributed by atoms with van der Waals surface area (Å²) in [4.78, 5) is 14.4. The summed E-state index contributed by atoms with van der Waals surface area (Å²) >= 11 is 0. The number of ether oxygens (including phenoxy) is 3. The molecule has 0 heterocycles. The molecule has 0 radical (unpaired) electrons. The molecule has 0 aliphatic rings. The van der Waals surface area contributed by atoms with Crippen LogP contribution in [0.15, 0.2) is 72.8 Å². The maximum absolute atomic E-state index is 12.7. The molecule has 0 bridgehead atoms. The van der Waals surface area contributed by atoms with E-state index in [0.717, 1.165) is 11.1 Å². The average molecular weight is 391 g/mol. The van der Waals surface area contributed by atoms with Gasteiger partial charge in [0.05, 0.1) is 14.2 Å². The van der Waals surface area contributed by atoms with E-state index >= 15 is 0 Å². The molecule has 5 nitrogen and oxygen atoms in total. The van der Waals surface area contributed by atoms with Crippen LogP contribution in [-0.2, 0) is 13.2 Å². The highest BCUT2D eigenvalue weighted by Crippen LogP contribution is 2.29. The van der Waals surface area contributed by atoms with Gasteiger partial charge in [0.2, 0.25) is 0 Å². The molecule has 0 aromatic heterocycles. The molecule has 0 spiro atoms. The highest BCUT2D eigenvalue weighted by Gasteiger charge is 2.14. The van der Waals surface area contributed by atoms with Gasteiger partial charge in [0.1, 0.15) is 12.4 Å². The first-order valence-electron chi connectivity index (χ1n) is 9.34. The Morgan fingerprint density at radius 3 is 2.34 bits per heavy atom. The Hall–Kier alpha value is -3.47. The number of carbonyl (C=O) groups is 1. The van der Waals surface area contributed by atoms with Crippen molar-refractivity contribution >= 4 is 5.91 Å². The van der Waals surface area contributed by atoms with Gasteiger partial charge < -0.3 is 19.1 Å².